The van der Waals surface area contributed by atoms with E-state index in [-0.39, 0.29) is 5.91 Å². The molecule has 1 amide bonds. The number of ether oxygens (including phenoxy) is 1. The summed E-state index contributed by atoms with van der Waals surface area (Å²) in [7, 11) is 1.61. The second-order valence-corrected chi connectivity index (χ2v) is 4.07. The van der Waals surface area contributed by atoms with Crippen molar-refractivity contribution in [3.05, 3.63) is 29.8 Å². The first kappa shape index (κ1) is 12.6. The number of likely N-dealkylation sites (N-methyl/N-ethyl adjacent to an activating group) is 1. The standard InChI is InChI=1S/C13H19NO2/c1-9(2)11-7-5-6-8-12(11)16-10(3)13(15)14-4/h5-10H,1-4H3,(H,14,15). The fourth-order valence-electron chi connectivity index (χ4n) is 1.51. The van der Waals surface area contributed by atoms with E-state index < -0.39 is 6.10 Å². The second-order valence-electron chi connectivity index (χ2n) is 4.07. The molecule has 1 N–H and O–H groups in total. The molecule has 16 heavy (non-hydrogen) atoms. The van der Waals surface area contributed by atoms with Crippen LogP contribution in [-0.4, -0.2) is 19.1 Å². The molecular formula is C13H19NO2. The van der Waals surface area contributed by atoms with Crippen LogP contribution < -0.4 is 10.1 Å². The third-order valence-corrected chi connectivity index (χ3v) is 2.46. The van der Waals surface area contributed by atoms with Crippen molar-refractivity contribution in [1.82, 2.24) is 5.32 Å². The van der Waals surface area contributed by atoms with Crippen LogP contribution in [0.4, 0.5) is 0 Å². The maximum absolute atomic E-state index is 11.4. The van der Waals surface area contributed by atoms with Crippen LogP contribution in [0.5, 0.6) is 5.75 Å². The predicted octanol–water partition coefficient (Wildman–Crippen LogP) is 2.32. The lowest BCUT2D eigenvalue weighted by atomic mass is 10.0. The molecular weight excluding hydrogens is 202 g/mol. The number of nitrogens with one attached hydrogen (secondary N) is 1. The summed E-state index contributed by atoms with van der Waals surface area (Å²) < 4.78 is 5.65. The highest BCUT2D eigenvalue weighted by Crippen LogP contribution is 2.26. The minimum absolute atomic E-state index is 0.112. The Morgan fingerprint density at radius 1 is 1.25 bits per heavy atom. The molecule has 1 rings (SSSR count). The molecule has 0 spiro atoms. The molecule has 0 fully saturated rings. The van der Waals surface area contributed by atoms with Crippen molar-refractivity contribution in [2.45, 2.75) is 32.8 Å². The normalized spacial score (nSPS) is 12.3. The first-order valence-electron chi connectivity index (χ1n) is 5.53. The molecule has 0 radical (unpaired) electrons. The Morgan fingerprint density at radius 2 is 1.88 bits per heavy atom. The summed E-state index contributed by atoms with van der Waals surface area (Å²) in [6, 6.07) is 7.82. The molecule has 3 heteroatoms. The quantitative estimate of drug-likeness (QED) is 0.847. The minimum atomic E-state index is -0.468. The maximum atomic E-state index is 11.4. The Hall–Kier alpha value is -1.51. The van der Waals surface area contributed by atoms with Gasteiger partial charge in [-0.05, 0) is 24.5 Å². The van der Waals surface area contributed by atoms with Crippen LogP contribution >= 0.6 is 0 Å². The third-order valence-electron chi connectivity index (χ3n) is 2.46. The number of hydrogen-bond acceptors (Lipinski definition) is 2. The van der Waals surface area contributed by atoms with Gasteiger partial charge in [-0.2, -0.15) is 0 Å². The highest BCUT2D eigenvalue weighted by Gasteiger charge is 2.15. The molecule has 1 unspecified atom stereocenters. The average molecular weight is 221 g/mol. The van der Waals surface area contributed by atoms with Gasteiger partial charge in [0.05, 0.1) is 0 Å². The lowest BCUT2D eigenvalue weighted by Gasteiger charge is -2.17. The summed E-state index contributed by atoms with van der Waals surface area (Å²) in [6.45, 7) is 5.95. The molecule has 0 aliphatic carbocycles. The molecule has 1 aromatic carbocycles. The number of para-hydroxylation sites is 1. The molecule has 0 heterocycles. The fraction of sp³-hybridized carbons (Fsp3) is 0.462. The van der Waals surface area contributed by atoms with E-state index in [9.17, 15) is 4.79 Å². The van der Waals surface area contributed by atoms with Crippen molar-refractivity contribution in [2.75, 3.05) is 7.05 Å². The number of hydrogen-bond donors (Lipinski definition) is 1. The van der Waals surface area contributed by atoms with E-state index in [2.05, 4.69) is 19.2 Å². The van der Waals surface area contributed by atoms with Crippen molar-refractivity contribution < 1.29 is 9.53 Å². The van der Waals surface area contributed by atoms with Gasteiger partial charge in [0.2, 0.25) is 0 Å². The van der Waals surface area contributed by atoms with Crippen molar-refractivity contribution in [3.8, 4) is 5.75 Å². The van der Waals surface area contributed by atoms with Gasteiger partial charge in [-0.3, -0.25) is 4.79 Å². The fourth-order valence-corrected chi connectivity index (χ4v) is 1.51. The van der Waals surface area contributed by atoms with Gasteiger partial charge in [0.1, 0.15) is 5.75 Å². The number of amides is 1. The van der Waals surface area contributed by atoms with Gasteiger partial charge in [-0.1, -0.05) is 32.0 Å². The lowest BCUT2D eigenvalue weighted by molar-refractivity contribution is -0.126. The Balaban J connectivity index is 2.84. The zero-order valence-corrected chi connectivity index (χ0v) is 10.3. The summed E-state index contributed by atoms with van der Waals surface area (Å²) in [5, 5.41) is 2.57. The first-order valence-corrected chi connectivity index (χ1v) is 5.53. The van der Waals surface area contributed by atoms with Gasteiger partial charge < -0.3 is 10.1 Å². The lowest BCUT2D eigenvalue weighted by Crippen LogP contribution is -2.33. The zero-order valence-electron chi connectivity index (χ0n) is 10.3. The Labute approximate surface area is 96.8 Å². The highest BCUT2D eigenvalue weighted by molar-refractivity contribution is 5.80. The Morgan fingerprint density at radius 3 is 2.44 bits per heavy atom. The van der Waals surface area contributed by atoms with Crippen LogP contribution in [0.1, 0.15) is 32.3 Å². The van der Waals surface area contributed by atoms with Gasteiger partial charge in [0, 0.05) is 7.05 Å². The molecule has 0 aliphatic rings. The largest absolute Gasteiger partial charge is 0.481 e. The molecule has 0 aliphatic heterocycles. The summed E-state index contributed by atoms with van der Waals surface area (Å²) in [5.74, 6) is 1.06. The van der Waals surface area contributed by atoms with Crippen LogP contribution in [0.15, 0.2) is 24.3 Å². The highest BCUT2D eigenvalue weighted by atomic mass is 16.5. The van der Waals surface area contributed by atoms with Gasteiger partial charge in [-0.15, -0.1) is 0 Å². The third kappa shape index (κ3) is 2.99. The van der Waals surface area contributed by atoms with Crippen molar-refractivity contribution >= 4 is 5.91 Å². The van der Waals surface area contributed by atoms with E-state index >= 15 is 0 Å². The molecule has 88 valence electrons. The van der Waals surface area contributed by atoms with Crippen molar-refractivity contribution in [1.29, 1.82) is 0 Å². The van der Waals surface area contributed by atoms with E-state index in [1.807, 2.05) is 24.3 Å². The number of carbonyl (C=O) groups is 1. The molecule has 3 nitrogen and oxygen atoms in total. The van der Waals surface area contributed by atoms with Crippen LogP contribution in [0, 0.1) is 0 Å². The molecule has 0 bridgehead atoms. The number of benzene rings is 1. The van der Waals surface area contributed by atoms with Crippen LogP contribution in [-0.2, 0) is 4.79 Å². The average Bonchev–Trinajstić information content (AvgIpc) is 2.28. The summed E-state index contributed by atoms with van der Waals surface area (Å²) >= 11 is 0. The van der Waals surface area contributed by atoms with E-state index in [1.165, 1.54) is 0 Å². The predicted molar refractivity (Wildman–Crippen MR) is 64.7 cm³/mol. The van der Waals surface area contributed by atoms with Crippen molar-refractivity contribution in [3.63, 3.8) is 0 Å². The van der Waals surface area contributed by atoms with Gasteiger partial charge in [-0.25, -0.2) is 0 Å². The second kappa shape index (κ2) is 5.54. The van der Waals surface area contributed by atoms with Crippen LogP contribution in [0.3, 0.4) is 0 Å². The molecule has 1 atom stereocenters. The monoisotopic (exact) mass is 221 g/mol. The van der Waals surface area contributed by atoms with Crippen molar-refractivity contribution in [2.24, 2.45) is 0 Å². The Kier molecular flexibility index (Phi) is 4.35. The van der Waals surface area contributed by atoms with Gasteiger partial charge >= 0.3 is 0 Å². The zero-order chi connectivity index (χ0) is 12.1. The Bertz CT molecular complexity index is 361. The van der Waals surface area contributed by atoms with E-state index in [1.54, 1.807) is 14.0 Å². The van der Waals surface area contributed by atoms with E-state index in [0.29, 0.717) is 5.92 Å². The maximum Gasteiger partial charge on any atom is 0.260 e. The summed E-state index contributed by atoms with van der Waals surface area (Å²) in [4.78, 5) is 11.4. The summed E-state index contributed by atoms with van der Waals surface area (Å²) in [5.41, 5.74) is 1.12. The summed E-state index contributed by atoms with van der Waals surface area (Å²) in [6.07, 6.45) is -0.468. The molecule has 1 aromatic rings. The number of carbonyl (C=O) groups excluding carboxylic acids is 1. The molecule has 0 aromatic heterocycles. The van der Waals surface area contributed by atoms with E-state index in [0.717, 1.165) is 11.3 Å². The minimum Gasteiger partial charge on any atom is -0.481 e. The molecule has 0 saturated heterocycles. The molecule has 0 saturated carbocycles. The van der Waals surface area contributed by atoms with Crippen LogP contribution in [0.25, 0.3) is 0 Å². The number of rotatable bonds is 4. The first-order chi connectivity index (χ1) is 7.56. The topological polar surface area (TPSA) is 38.3 Å². The van der Waals surface area contributed by atoms with Gasteiger partial charge in [0.25, 0.3) is 5.91 Å². The van der Waals surface area contributed by atoms with Crippen LogP contribution in [0.2, 0.25) is 0 Å². The SMILES string of the molecule is CNC(=O)C(C)Oc1ccccc1C(C)C. The smallest absolute Gasteiger partial charge is 0.260 e. The van der Waals surface area contributed by atoms with E-state index in [4.69, 9.17) is 4.74 Å². The van der Waals surface area contributed by atoms with Gasteiger partial charge in [0.15, 0.2) is 6.10 Å².